The third-order valence-corrected chi connectivity index (χ3v) is 5.76. The van der Waals surface area contributed by atoms with Crippen molar-refractivity contribution in [1.82, 2.24) is 4.31 Å². The predicted molar refractivity (Wildman–Crippen MR) is 72.3 cm³/mol. The molecule has 1 aliphatic rings. The molecular weight excluding hydrogens is 278 g/mol. The number of carboxylic acids is 1. The maximum Gasteiger partial charge on any atom is 0.243 e. The predicted octanol–water partition coefficient (Wildman–Crippen LogP) is 0.534. The van der Waals surface area contributed by atoms with Gasteiger partial charge in [-0.3, -0.25) is 0 Å². The van der Waals surface area contributed by atoms with Gasteiger partial charge in [-0.05, 0) is 31.9 Å². The van der Waals surface area contributed by atoms with Crippen LogP contribution in [0, 0.1) is 12.8 Å². The molecule has 1 fully saturated rings. The lowest BCUT2D eigenvalue weighted by Crippen LogP contribution is -2.45. The Morgan fingerprint density at radius 2 is 1.95 bits per heavy atom. The number of sulfonamides is 1. The third kappa shape index (κ3) is 2.71. The van der Waals surface area contributed by atoms with Crippen LogP contribution in [0.5, 0.6) is 0 Å². The normalized spacial score (nSPS) is 21.8. The minimum atomic E-state index is -3.64. The van der Waals surface area contributed by atoms with Gasteiger partial charge in [0.1, 0.15) is 0 Å². The molecule has 0 radical (unpaired) electrons. The van der Waals surface area contributed by atoms with Crippen LogP contribution >= 0.6 is 0 Å². The summed E-state index contributed by atoms with van der Waals surface area (Å²) >= 11 is 0. The van der Waals surface area contributed by atoms with Crippen LogP contribution in [0.25, 0.3) is 0 Å². The Kier molecular flexibility index (Phi) is 4.15. The average molecular weight is 296 g/mol. The highest BCUT2D eigenvalue weighted by molar-refractivity contribution is 7.89. The zero-order chi connectivity index (χ0) is 14.9. The van der Waals surface area contributed by atoms with E-state index in [2.05, 4.69) is 0 Å². The highest BCUT2D eigenvalue weighted by Crippen LogP contribution is 2.30. The standard InChI is InChI=1S/C14H19NO4S/c1-10-5-7-12(8-6-10)20(18,19)15-9-3-4-13(15)11(2)14(16)17/h5-8,11,13H,3-4,9H2,1-2H3,(H,16,17)/p-1. The summed E-state index contributed by atoms with van der Waals surface area (Å²) in [5.41, 5.74) is 0.977. The van der Waals surface area contributed by atoms with Crippen LogP contribution in [-0.4, -0.2) is 31.3 Å². The summed E-state index contributed by atoms with van der Waals surface area (Å²) in [6.45, 7) is 3.74. The zero-order valence-electron chi connectivity index (χ0n) is 11.6. The number of nitrogens with zero attached hydrogens (tertiary/aromatic N) is 1. The van der Waals surface area contributed by atoms with E-state index in [0.717, 1.165) is 5.56 Å². The third-order valence-electron chi connectivity index (χ3n) is 3.82. The minimum absolute atomic E-state index is 0.209. The second-order valence-electron chi connectivity index (χ2n) is 5.25. The first-order valence-electron chi connectivity index (χ1n) is 6.63. The van der Waals surface area contributed by atoms with Gasteiger partial charge in [0.2, 0.25) is 10.0 Å². The van der Waals surface area contributed by atoms with Crippen molar-refractivity contribution in [3.63, 3.8) is 0 Å². The molecule has 0 bridgehead atoms. The minimum Gasteiger partial charge on any atom is -0.550 e. The number of benzene rings is 1. The molecule has 2 atom stereocenters. The summed E-state index contributed by atoms with van der Waals surface area (Å²) in [5, 5.41) is 11.0. The van der Waals surface area contributed by atoms with E-state index in [9.17, 15) is 18.3 Å². The Morgan fingerprint density at radius 1 is 1.35 bits per heavy atom. The number of aryl methyl sites for hydroxylation is 1. The Morgan fingerprint density at radius 3 is 2.50 bits per heavy atom. The first-order valence-corrected chi connectivity index (χ1v) is 8.07. The Labute approximate surface area is 119 Å². The van der Waals surface area contributed by atoms with Crippen molar-refractivity contribution in [2.24, 2.45) is 5.92 Å². The highest BCUT2D eigenvalue weighted by Gasteiger charge is 2.38. The van der Waals surface area contributed by atoms with Gasteiger partial charge < -0.3 is 9.90 Å². The van der Waals surface area contributed by atoms with Crippen LogP contribution < -0.4 is 5.11 Å². The smallest absolute Gasteiger partial charge is 0.243 e. The monoisotopic (exact) mass is 296 g/mol. The molecule has 0 amide bonds. The van der Waals surface area contributed by atoms with E-state index in [1.165, 1.54) is 11.2 Å². The second kappa shape index (κ2) is 5.54. The van der Waals surface area contributed by atoms with Gasteiger partial charge in [0.25, 0.3) is 0 Å². The van der Waals surface area contributed by atoms with Gasteiger partial charge in [0.15, 0.2) is 0 Å². The summed E-state index contributed by atoms with van der Waals surface area (Å²) in [5.74, 6) is -2.02. The summed E-state index contributed by atoms with van der Waals surface area (Å²) < 4.78 is 26.5. The molecule has 0 saturated carbocycles. The Balaban J connectivity index is 2.33. The lowest BCUT2D eigenvalue weighted by Gasteiger charge is -2.29. The molecule has 20 heavy (non-hydrogen) atoms. The van der Waals surface area contributed by atoms with Crippen LogP contribution in [0.3, 0.4) is 0 Å². The molecule has 1 aromatic carbocycles. The van der Waals surface area contributed by atoms with Crippen molar-refractivity contribution in [3.05, 3.63) is 29.8 Å². The Hall–Kier alpha value is -1.40. The molecule has 2 rings (SSSR count). The van der Waals surface area contributed by atoms with Crippen molar-refractivity contribution in [2.75, 3.05) is 6.54 Å². The molecule has 1 heterocycles. The number of hydrogen-bond acceptors (Lipinski definition) is 4. The fourth-order valence-corrected chi connectivity index (χ4v) is 4.33. The highest BCUT2D eigenvalue weighted by atomic mass is 32.2. The number of rotatable bonds is 4. The van der Waals surface area contributed by atoms with E-state index in [0.29, 0.717) is 19.4 Å². The molecule has 0 spiro atoms. The molecule has 1 aliphatic heterocycles. The van der Waals surface area contributed by atoms with Crippen molar-refractivity contribution < 1.29 is 18.3 Å². The number of carbonyl (C=O) groups is 1. The van der Waals surface area contributed by atoms with Gasteiger partial charge >= 0.3 is 0 Å². The first-order chi connectivity index (χ1) is 9.34. The molecular formula is C14H18NO4S-. The number of hydrogen-bond donors (Lipinski definition) is 0. The number of aliphatic carboxylic acids is 1. The van der Waals surface area contributed by atoms with Crippen molar-refractivity contribution in [3.8, 4) is 0 Å². The van der Waals surface area contributed by atoms with Crippen LogP contribution in [0.4, 0.5) is 0 Å². The number of carboxylic acid groups (broad SMARTS) is 1. The molecule has 2 unspecified atom stereocenters. The van der Waals surface area contributed by atoms with E-state index >= 15 is 0 Å². The van der Waals surface area contributed by atoms with E-state index in [1.54, 1.807) is 24.3 Å². The zero-order valence-corrected chi connectivity index (χ0v) is 12.4. The lowest BCUT2D eigenvalue weighted by atomic mass is 10.0. The van der Waals surface area contributed by atoms with Crippen LogP contribution in [0.2, 0.25) is 0 Å². The van der Waals surface area contributed by atoms with Crippen LogP contribution in [-0.2, 0) is 14.8 Å². The molecule has 1 saturated heterocycles. The summed E-state index contributed by atoms with van der Waals surface area (Å²) in [6.07, 6.45) is 1.23. The SMILES string of the molecule is Cc1ccc(S(=O)(=O)N2CCCC2C(C)C(=O)[O-])cc1. The molecule has 6 heteroatoms. The topological polar surface area (TPSA) is 77.5 Å². The lowest BCUT2D eigenvalue weighted by molar-refractivity contribution is -0.312. The largest absolute Gasteiger partial charge is 0.550 e. The van der Waals surface area contributed by atoms with Gasteiger partial charge in [-0.1, -0.05) is 24.6 Å². The summed E-state index contributed by atoms with van der Waals surface area (Å²) in [7, 11) is -3.64. The van der Waals surface area contributed by atoms with Crippen LogP contribution in [0.1, 0.15) is 25.3 Å². The van der Waals surface area contributed by atoms with E-state index in [1.807, 2.05) is 6.92 Å². The average Bonchev–Trinajstić information content (AvgIpc) is 2.88. The number of carbonyl (C=O) groups excluding carboxylic acids is 1. The molecule has 5 nitrogen and oxygen atoms in total. The molecule has 0 aliphatic carbocycles. The Bertz CT molecular complexity index is 594. The van der Waals surface area contributed by atoms with E-state index in [4.69, 9.17) is 0 Å². The molecule has 110 valence electrons. The second-order valence-corrected chi connectivity index (χ2v) is 7.14. The van der Waals surface area contributed by atoms with Gasteiger partial charge in [-0.25, -0.2) is 8.42 Å². The molecule has 0 aromatic heterocycles. The van der Waals surface area contributed by atoms with Crippen molar-refractivity contribution >= 4 is 16.0 Å². The van der Waals surface area contributed by atoms with Gasteiger partial charge in [-0.15, -0.1) is 0 Å². The van der Waals surface area contributed by atoms with E-state index < -0.39 is 28.0 Å². The summed E-state index contributed by atoms with van der Waals surface area (Å²) in [4.78, 5) is 11.2. The maximum atomic E-state index is 12.6. The fraction of sp³-hybridized carbons (Fsp3) is 0.500. The van der Waals surface area contributed by atoms with Crippen LogP contribution in [0.15, 0.2) is 29.2 Å². The van der Waals surface area contributed by atoms with Gasteiger partial charge in [-0.2, -0.15) is 4.31 Å². The van der Waals surface area contributed by atoms with Crippen molar-refractivity contribution in [2.45, 2.75) is 37.6 Å². The van der Waals surface area contributed by atoms with E-state index in [-0.39, 0.29) is 4.90 Å². The quantitative estimate of drug-likeness (QED) is 0.812. The molecule has 0 N–H and O–H groups in total. The maximum absolute atomic E-state index is 12.6. The fourth-order valence-electron chi connectivity index (χ4n) is 2.57. The summed E-state index contributed by atoms with van der Waals surface area (Å²) in [6, 6.07) is 6.07. The van der Waals surface area contributed by atoms with Crippen molar-refractivity contribution in [1.29, 1.82) is 0 Å². The first kappa shape index (κ1) is 15.0. The van der Waals surface area contributed by atoms with Gasteiger partial charge in [0.05, 0.1) is 4.90 Å². The van der Waals surface area contributed by atoms with Gasteiger partial charge in [0, 0.05) is 24.5 Å². The molecule has 1 aromatic rings.